The molecule has 1 aliphatic carbocycles. The first-order chi connectivity index (χ1) is 10.7. The summed E-state index contributed by atoms with van der Waals surface area (Å²) in [6.07, 6.45) is 4.13. The maximum absolute atomic E-state index is 10.4. The number of ether oxygens (including phenoxy) is 1. The van der Waals surface area contributed by atoms with Crippen LogP contribution in [0.3, 0.4) is 0 Å². The van der Waals surface area contributed by atoms with Crippen molar-refractivity contribution >= 4 is 12.4 Å². The van der Waals surface area contributed by atoms with Crippen LogP contribution in [0.25, 0.3) is 0 Å². The average Bonchev–Trinajstić information content (AvgIpc) is 3.10. The van der Waals surface area contributed by atoms with Crippen molar-refractivity contribution in [3.05, 3.63) is 60.2 Å². The van der Waals surface area contributed by atoms with E-state index in [-0.39, 0.29) is 18.4 Å². The summed E-state index contributed by atoms with van der Waals surface area (Å²) < 4.78 is 5.77. The van der Waals surface area contributed by atoms with E-state index in [4.69, 9.17) is 10.5 Å². The van der Waals surface area contributed by atoms with Crippen molar-refractivity contribution in [1.82, 2.24) is 0 Å². The van der Waals surface area contributed by atoms with Gasteiger partial charge in [0.1, 0.15) is 11.5 Å². The predicted molar refractivity (Wildman–Crippen MR) is 95.1 cm³/mol. The monoisotopic (exact) mass is 333 g/mol. The van der Waals surface area contributed by atoms with Crippen LogP contribution in [0.5, 0.6) is 11.5 Å². The smallest absolute Gasteiger partial charge is 0.127 e. The second-order valence-electron chi connectivity index (χ2n) is 6.05. The minimum atomic E-state index is -0.455. The van der Waals surface area contributed by atoms with Gasteiger partial charge >= 0.3 is 0 Å². The molecule has 0 aromatic heterocycles. The Kier molecular flexibility index (Phi) is 6.46. The number of hydrogen-bond acceptors (Lipinski definition) is 3. The Hall–Kier alpha value is -1.55. The second kappa shape index (κ2) is 8.34. The van der Waals surface area contributed by atoms with Crippen molar-refractivity contribution in [3.63, 3.8) is 0 Å². The average molecular weight is 334 g/mol. The normalized spacial score (nSPS) is 17.3. The molecule has 2 aromatic rings. The van der Waals surface area contributed by atoms with E-state index in [9.17, 15) is 5.11 Å². The number of rotatable bonds is 5. The van der Waals surface area contributed by atoms with Crippen LogP contribution in [0, 0.1) is 5.92 Å². The minimum Gasteiger partial charge on any atom is -0.457 e. The third-order valence-corrected chi connectivity index (χ3v) is 4.49. The highest BCUT2D eigenvalue weighted by Crippen LogP contribution is 2.33. The van der Waals surface area contributed by atoms with E-state index >= 15 is 0 Å². The molecule has 2 aromatic carbocycles. The zero-order valence-corrected chi connectivity index (χ0v) is 13.9. The molecule has 3 N–H and O–H groups in total. The lowest BCUT2D eigenvalue weighted by atomic mass is 9.91. The molecule has 124 valence electrons. The standard InChI is InChI=1S/C19H23NO2.ClH/c20-18(19(21)15-6-4-5-7-15)14-10-12-17(13-11-14)22-16-8-2-1-3-9-16;/h1-3,8-13,15,18-19,21H,4-7,20H2;1H/t18-,19+;/m0./s1. The van der Waals surface area contributed by atoms with Crippen LogP contribution in [0.1, 0.15) is 37.3 Å². The van der Waals surface area contributed by atoms with E-state index in [0.717, 1.165) is 29.9 Å². The summed E-state index contributed by atoms with van der Waals surface area (Å²) in [4.78, 5) is 0. The molecule has 0 saturated heterocycles. The number of aliphatic hydroxyl groups is 1. The van der Waals surface area contributed by atoms with Crippen LogP contribution >= 0.6 is 12.4 Å². The molecule has 0 bridgehead atoms. The quantitative estimate of drug-likeness (QED) is 0.849. The molecule has 0 spiro atoms. The van der Waals surface area contributed by atoms with Crippen LogP contribution in [0.2, 0.25) is 0 Å². The Morgan fingerprint density at radius 1 is 0.913 bits per heavy atom. The molecule has 0 amide bonds. The van der Waals surface area contributed by atoms with Gasteiger partial charge in [0.05, 0.1) is 12.1 Å². The van der Waals surface area contributed by atoms with Crippen molar-refractivity contribution in [3.8, 4) is 11.5 Å². The first-order valence-corrected chi connectivity index (χ1v) is 8.00. The van der Waals surface area contributed by atoms with Gasteiger partial charge in [0.25, 0.3) is 0 Å². The van der Waals surface area contributed by atoms with E-state index in [1.54, 1.807) is 0 Å². The summed E-state index contributed by atoms with van der Waals surface area (Å²) in [5.41, 5.74) is 7.19. The summed E-state index contributed by atoms with van der Waals surface area (Å²) in [5.74, 6) is 1.93. The number of hydrogen-bond donors (Lipinski definition) is 2. The van der Waals surface area contributed by atoms with Gasteiger partial charge in [0.2, 0.25) is 0 Å². The van der Waals surface area contributed by atoms with Crippen LogP contribution in [0.4, 0.5) is 0 Å². The fraction of sp³-hybridized carbons (Fsp3) is 0.368. The van der Waals surface area contributed by atoms with E-state index in [2.05, 4.69) is 0 Å². The number of aliphatic hydroxyl groups excluding tert-OH is 1. The molecule has 3 nitrogen and oxygen atoms in total. The van der Waals surface area contributed by atoms with Crippen LogP contribution < -0.4 is 10.5 Å². The predicted octanol–water partition coefficient (Wildman–Crippen LogP) is 4.45. The van der Waals surface area contributed by atoms with Gasteiger partial charge in [-0.15, -0.1) is 12.4 Å². The molecular weight excluding hydrogens is 310 g/mol. The lowest BCUT2D eigenvalue weighted by molar-refractivity contribution is 0.0845. The zero-order valence-electron chi connectivity index (χ0n) is 13.1. The van der Waals surface area contributed by atoms with Gasteiger partial charge in [-0.1, -0.05) is 43.2 Å². The highest BCUT2D eigenvalue weighted by molar-refractivity contribution is 5.85. The number of nitrogens with two attached hydrogens (primary N) is 1. The van der Waals surface area contributed by atoms with Gasteiger partial charge in [-0.25, -0.2) is 0 Å². The van der Waals surface area contributed by atoms with Gasteiger partial charge in [0.15, 0.2) is 0 Å². The van der Waals surface area contributed by atoms with Gasteiger partial charge in [-0.2, -0.15) is 0 Å². The molecule has 2 atom stereocenters. The van der Waals surface area contributed by atoms with Crippen molar-refractivity contribution in [2.45, 2.75) is 37.8 Å². The van der Waals surface area contributed by atoms with Gasteiger partial charge in [-0.3, -0.25) is 0 Å². The molecular formula is C19H24ClNO2. The SMILES string of the molecule is Cl.N[C@@H](c1ccc(Oc2ccccc2)cc1)[C@H](O)C1CCCC1. The summed E-state index contributed by atoms with van der Waals surface area (Å²) in [7, 11) is 0. The molecule has 0 heterocycles. The van der Waals surface area contributed by atoms with Crippen LogP contribution in [0.15, 0.2) is 54.6 Å². The lowest BCUT2D eigenvalue weighted by Gasteiger charge is -2.24. The maximum Gasteiger partial charge on any atom is 0.127 e. The Morgan fingerprint density at radius 2 is 1.48 bits per heavy atom. The summed E-state index contributed by atoms with van der Waals surface area (Å²) in [6.45, 7) is 0. The van der Waals surface area contributed by atoms with Crippen LogP contribution in [-0.4, -0.2) is 11.2 Å². The molecule has 1 fully saturated rings. The number of halogens is 1. The number of para-hydroxylation sites is 1. The van der Waals surface area contributed by atoms with Crippen molar-refractivity contribution in [1.29, 1.82) is 0 Å². The van der Waals surface area contributed by atoms with Gasteiger partial charge in [0, 0.05) is 0 Å². The Balaban J connectivity index is 0.00000192. The first-order valence-electron chi connectivity index (χ1n) is 8.00. The highest BCUT2D eigenvalue weighted by Gasteiger charge is 2.28. The van der Waals surface area contributed by atoms with E-state index in [1.165, 1.54) is 12.8 Å². The van der Waals surface area contributed by atoms with E-state index in [0.29, 0.717) is 5.92 Å². The van der Waals surface area contributed by atoms with E-state index < -0.39 is 6.10 Å². The van der Waals surface area contributed by atoms with Crippen molar-refractivity contribution < 1.29 is 9.84 Å². The minimum absolute atomic E-state index is 0. The third-order valence-electron chi connectivity index (χ3n) is 4.49. The molecule has 0 unspecified atom stereocenters. The summed E-state index contributed by atoms with van der Waals surface area (Å²) in [5, 5.41) is 10.4. The zero-order chi connectivity index (χ0) is 15.4. The molecule has 1 saturated carbocycles. The number of benzene rings is 2. The molecule has 0 aliphatic heterocycles. The molecule has 1 aliphatic rings. The molecule has 3 rings (SSSR count). The molecule has 0 radical (unpaired) electrons. The second-order valence-corrected chi connectivity index (χ2v) is 6.05. The van der Waals surface area contributed by atoms with Crippen molar-refractivity contribution in [2.24, 2.45) is 11.7 Å². The molecule has 23 heavy (non-hydrogen) atoms. The fourth-order valence-electron chi connectivity index (χ4n) is 3.17. The molecule has 4 heteroatoms. The Labute approximate surface area is 143 Å². The highest BCUT2D eigenvalue weighted by atomic mass is 35.5. The fourth-order valence-corrected chi connectivity index (χ4v) is 3.17. The van der Waals surface area contributed by atoms with Gasteiger partial charge in [-0.05, 0) is 48.6 Å². The van der Waals surface area contributed by atoms with Crippen molar-refractivity contribution in [2.75, 3.05) is 0 Å². The van der Waals surface area contributed by atoms with E-state index in [1.807, 2.05) is 54.6 Å². The third kappa shape index (κ3) is 4.47. The van der Waals surface area contributed by atoms with Crippen LogP contribution in [-0.2, 0) is 0 Å². The maximum atomic E-state index is 10.4. The largest absolute Gasteiger partial charge is 0.457 e. The topological polar surface area (TPSA) is 55.5 Å². The van der Waals surface area contributed by atoms with Gasteiger partial charge < -0.3 is 15.6 Å². The summed E-state index contributed by atoms with van der Waals surface area (Å²) in [6, 6.07) is 17.1. The Morgan fingerprint density at radius 3 is 2.09 bits per heavy atom. The lowest BCUT2D eigenvalue weighted by Crippen LogP contribution is -2.31. The summed E-state index contributed by atoms with van der Waals surface area (Å²) >= 11 is 0. The first kappa shape index (κ1) is 17.8. The Bertz CT molecular complexity index is 582.